The molecule has 0 aromatic heterocycles. The lowest BCUT2D eigenvalue weighted by Gasteiger charge is -2.36. The first kappa shape index (κ1) is 13.8. The highest BCUT2D eigenvalue weighted by molar-refractivity contribution is 6.31. The second-order valence-corrected chi connectivity index (χ2v) is 5.54. The molecule has 1 aliphatic heterocycles. The van der Waals surface area contributed by atoms with Gasteiger partial charge in [0.15, 0.2) is 0 Å². The van der Waals surface area contributed by atoms with Crippen molar-refractivity contribution in [2.75, 3.05) is 19.6 Å². The molecule has 0 spiro atoms. The second kappa shape index (κ2) is 6.00. The summed E-state index contributed by atoms with van der Waals surface area (Å²) in [5, 5.41) is 0.476. The van der Waals surface area contributed by atoms with Crippen molar-refractivity contribution in [1.82, 2.24) is 4.90 Å². The topological polar surface area (TPSA) is 29.3 Å². The molecule has 0 aliphatic carbocycles. The van der Waals surface area contributed by atoms with Gasteiger partial charge in [-0.15, -0.1) is 0 Å². The predicted molar refractivity (Wildman–Crippen MR) is 73.2 cm³/mol. The molecule has 1 aliphatic rings. The summed E-state index contributed by atoms with van der Waals surface area (Å²) in [5.41, 5.74) is 6.82. The van der Waals surface area contributed by atoms with E-state index < -0.39 is 0 Å². The minimum atomic E-state index is -0.299. The van der Waals surface area contributed by atoms with E-state index in [1.54, 1.807) is 6.07 Å². The first-order valence-corrected chi connectivity index (χ1v) is 6.88. The van der Waals surface area contributed by atoms with Crippen molar-refractivity contribution < 1.29 is 4.39 Å². The molecule has 1 aromatic rings. The van der Waals surface area contributed by atoms with Crippen LogP contribution < -0.4 is 5.73 Å². The number of rotatable bonds is 3. The number of benzene rings is 1. The molecular weight excluding hydrogens is 251 g/mol. The van der Waals surface area contributed by atoms with Crippen molar-refractivity contribution >= 4 is 11.6 Å². The Labute approximate surface area is 113 Å². The highest BCUT2D eigenvalue weighted by Crippen LogP contribution is 2.30. The Morgan fingerprint density at radius 1 is 1.44 bits per heavy atom. The van der Waals surface area contributed by atoms with E-state index in [2.05, 4.69) is 11.8 Å². The smallest absolute Gasteiger partial charge is 0.124 e. The van der Waals surface area contributed by atoms with Gasteiger partial charge >= 0.3 is 0 Å². The maximum absolute atomic E-state index is 13.1. The fourth-order valence-electron chi connectivity index (χ4n) is 2.58. The number of nitrogens with zero attached hydrogens (tertiary/aromatic N) is 1. The molecular formula is C14H20ClFN2. The molecule has 1 aromatic carbocycles. The number of likely N-dealkylation sites (tertiary alicyclic amines) is 1. The zero-order chi connectivity index (χ0) is 13.1. The van der Waals surface area contributed by atoms with Crippen molar-refractivity contribution in [2.24, 2.45) is 11.7 Å². The van der Waals surface area contributed by atoms with Crippen molar-refractivity contribution in [3.63, 3.8) is 0 Å². The minimum absolute atomic E-state index is 0.102. The van der Waals surface area contributed by atoms with Crippen LogP contribution in [-0.2, 0) is 0 Å². The van der Waals surface area contributed by atoms with E-state index in [0.717, 1.165) is 24.6 Å². The molecule has 2 nitrogen and oxygen atoms in total. The summed E-state index contributed by atoms with van der Waals surface area (Å²) in [4.78, 5) is 2.36. The van der Waals surface area contributed by atoms with Crippen LogP contribution in [0.1, 0.15) is 31.4 Å². The van der Waals surface area contributed by atoms with E-state index in [9.17, 15) is 4.39 Å². The molecule has 1 saturated heterocycles. The summed E-state index contributed by atoms with van der Waals surface area (Å²) in [6.45, 7) is 4.87. The SMILES string of the molecule is CC1CCN(C(CN)c2ccc(F)cc2Cl)CC1. The molecule has 0 bridgehead atoms. The molecule has 100 valence electrons. The van der Waals surface area contributed by atoms with Crippen LogP contribution in [-0.4, -0.2) is 24.5 Å². The van der Waals surface area contributed by atoms with Crippen LogP contribution in [0.15, 0.2) is 18.2 Å². The average molecular weight is 271 g/mol. The van der Waals surface area contributed by atoms with Crippen molar-refractivity contribution in [2.45, 2.75) is 25.8 Å². The third-order valence-corrected chi connectivity index (χ3v) is 4.13. The fraction of sp³-hybridized carbons (Fsp3) is 0.571. The Bertz CT molecular complexity index is 403. The van der Waals surface area contributed by atoms with Crippen LogP contribution in [0.4, 0.5) is 4.39 Å². The minimum Gasteiger partial charge on any atom is -0.329 e. The Morgan fingerprint density at radius 3 is 2.67 bits per heavy atom. The molecule has 1 unspecified atom stereocenters. The Hall–Kier alpha value is -0.640. The van der Waals surface area contributed by atoms with Gasteiger partial charge in [0.1, 0.15) is 5.82 Å². The first-order valence-electron chi connectivity index (χ1n) is 6.51. The Balaban J connectivity index is 2.17. The molecule has 0 amide bonds. The summed E-state index contributed by atoms with van der Waals surface area (Å²) < 4.78 is 13.1. The van der Waals surface area contributed by atoms with Gasteiger partial charge in [-0.05, 0) is 49.5 Å². The molecule has 1 atom stereocenters. The zero-order valence-corrected chi connectivity index (χ0v) is 11.5. The standard InChI is InChI=1S/C14H20ClFN2/c1-10-4-6-18(7-5-10)14(9-17)12-3-2-11(16)8-13(12)15/h2-3,8,10,14H,4-7,9,17H2,1H3. The molecule has 4 heteroatoms. The van der Waals surface area contributed by atoms with Gasteiger partial charge in [0.2, 0.25) is 0 Å². The molecule has 0 radical (unpaired) electrons. The van der Waals surface area contributed by atoms with Gasteiger partial charge < -0.3 is 5.73 Å². The molecule has 18 heavy (non-hydrogen) atoms. The maximum Gasteiger partial charge on any atom is 0.124 e. The first-order chi connectivity index (χ1) is 8.61. The number of hydrogen-bond acceptors (Lipinski definition) is 2. The van der Waals surface area contributed by atoms with Gasteiger partial charge in [0, 0.05) is 17.6 Å². The van der Waals surface area contributed by atoms with E-state index in [4.69, 9.17) is 17.3 Å². The molecule has 0 saturated carbocycles. The van der Waals surface area contributed by atoms with E-state index in [1.165, 1.54) is 25.0 Å². The van der Waals surface area contributed by atoms with Gasteiger partial charge in [-0.1, -0.05) is 24.6 Å². The van der Waals surface area contributed by atoms with Gasteiger partial charge in [-0.2, -0.15) is 0 Å². The van der Waals surface area contributed by atoms with Crippen LogP contribution in [0.3, 0.4) is 0 Å². The normalized spacial score (nSPS) is 20.0. The third kappa shape index (κ3) is 3.02. The van der Waals surface area contributed by atoms with Gasteiger partial charge in [-0.3, -0.25) is 4.90 Å². The average Bonchev–Trinajstić information content (AvgIpc) is 2.35. The molecule has 1 fully saturated rings. The van der Waals surface area contributed by atoms with E-state index >= 15 is 0 Å². The third-order valence-electron chi connectivity index (χ3n) is 3.80. The second-order valence-electron chi connectivity index (χ2n) is 5.14. The molecule has 2 rings (SSSR count). The molecule has 2 N–H and O–H groups in total. The van der Waals surface area contributed by atoms with Crippen LogP contribution in [0.25, 0.3) is 0 Å². The Kier molecular flexibility index (Phi) is 4.60. The highest BCUT2D eigenvalue weighted by atomic mass is 35.5. The summed E-state index contributed by atoms with van der Waals surface area (Å²) in [6.07, 6.45) is 2.38. The Morgan fingerprint density at radius 2 is 2.11 bits per heavy atom. The number of halogens is 2. The van der Waals surface area contributed by atoms with Crippen molar-refractivity contribution in [3.8, 4) is 0 Å². The molecule has 1 heterocycles. The van der Waals surface area contributed by atoms with E-state index in [-0.39, 0.29) is 11.9 Å². The zero-order valence-electron chi connectivity index (χ0n) is 10.7. The predicted octanol–water partition coefficient (Wildman–Crippen LogP) is 3.21. The highest BCUT2D eigenvalue weighted by Gasteiger charge is 2.25. The lowest BCUT2D eigenvalue weighted by Crippen LogP contribution is -2.39. The summed E-state index contributed by atoms with van der Waals surface area (Å²) in [7, 11) is 0. The largest absolute Gasteiger partial charge is 0.329 e. The van der Waals surface area contributed by atoms with Crippen LogP contribution >= 0.6 is 11.6 Å². The number of hydrogen-bond donors (Lipinski definition) is 1. The summed E-state index contributed by atoms with van der Waals surface area (Å²) >= 11 is 6.13. The van der Waals surface area contributed by atoms with Crippen LogP contribution in [0, 0.1) is 11.7 Å². The quantitative estimate of drug-likeness (QED) is 0.914. The monoisotopic (exact) mass is 270 g/mol. The van der Waals surface area contributed by atoms with Gasteiger partial charge in [0.05, 0.1) is 0 Å². The number of piperidine rings is 1. The van der Waals surface area contributed by atoms with E-state index in [0.29, 0.717) is 11.6 Å². The lowest BCUT2D eigenvalue weighted by molar-refractivity contribution is 0.141. The lowest BCUT2D eigenvalue weighted by atomic mass is 9.96. The van der Waals surface area contributed by atoms with Gasteiger partial charge in [0.25, 0.3) is 0 Å². The van der Waals surface area contributed by atoms with Crippen molar-refractivity contribution in [3.05, 3.63) is 34.6 Å². The van der Waals surface area contributed by atoms with Crippen molar-refractivity contribution in [1.29, 1.82) is 0 Å². The summed E-state index contributed by atoms with van der Waals surface area (Å²) in [5.74, 6) is 0.482. The van der Waals surface area contributed by atoms with Crippen LogP contribution in [0.2, 0.25) is 5.02 Å². The summed E-state index contributed by atoms with van der Waals surface area (Å²) in [6, 6.07) is 4.68. The van der Waals surface area contributed by atoms with Gasteiger partial charge in [-0.25, -0.2) is 4.39 Å². The van der Waals surface area contributed by atoms with Crippen LogP contribution in [0.5, 0.6) is 0 Å². The fourth-order valence-corrected chi connectivity index (χ4v) is 2.88. The van der Waals surface area contributed by atoms with E-state index in [1.807, 2.05) is 0 Å². The maximum atomic E-state index is 13.1. The number of nitrogens with two attached hydrogens (primary N) is 1.